The van der Waals surface area contributed by atoms with Crippen molar-refractivity contribution < 1.29 is 17.9 Å². The fourth-order valence-electron chi connectivity index (χ4n) is 3.06. The summed E-state index contributed by atoms with van der Waals surface area (Å²) in [5.41, 5.74) is 2.06. The highest BCUT2D eigenvalue weighted by molar-refractivity contribution is 7.93. The number of hydrogen-bond acceptors (Lipinski definition) is 4. The first-order valence-corrected chi connectivity index (χ1v) is 10.5. The number of rotatable bonds is 6. The Morgan fingerprint density at radius 3 is 2.67 bits per heavy atom. The molecule has 0 spiro atoms. The highest BCUT2D eigenvalue weighted by atomic mass is 32.2. The molecule has 27 heavy (non-hydrogen) atoms. The van der Waals surface area contributed by atoms with Crippen LogP contribution in [0.4, 0.5) is 5.69 Å². The highest BCUT2D eigenvalue weighted by Crippen LogP contribution is 2.25. The monoisotopic (exact) mass is 388 g/mol. The molecule has 0 radical (unpaired) electrons. The molecule has 0 aromatic heterocycles. The molecule has 0 bridgehead atoms. The third-order valence-corrected chi connectivity index (χ3v) is 6.47. The molecular weight excluding hydrogens is 364 g/mol. The zero-order valence-electron chi connectivity index (χ0n) is 15.6. The van der Waals surface area contributed by atoms with Crippen molar-refractivity contribution in [2.24, 2.45) is 0 Å². The van der Waals surface area contributed by atoms with Crippen LogP contribution < -0.4 is 9.04 Å². The molecule has 1 fully saturated rings. The summed E-state index contributed by atoms with van der Waals surface area (Å²) in [5, 5.41) is 0. The van der Waals surface area contributed by atoms with Gasteiger partial charge in [-0.3, -0.25) is 9.10 Å². The van der Waals surface area contributed by atoms with Gasteiger partial charge in [-0.15, -0.1) is 0 Å². The fraction of sp³-hybridized carbons (Fsp3) is 0.350. The molecule has 1 heterocycles. The molecule has 6 nitrogen and oxygen atoms in total. The van der Waals surface area contributed by atoms with Crippen LogP contribution in [0.1, 0.15) is 22.3 Å². The van der Waals surface area contributed by atoms with E-state index < -0.39 is 10.0 Å². The number of hydrogen-bond donors (Lipinski definition) is 0. The minimum atomic E-state index is -3.26. The van der Waals surface area contributed by atoms with Crippen molar-refractivity contribution in [2.75, 3.05) is 36.8 Å². The van der Waals surface area contributed by atoms with Gasteiger partial charge in [0.15, 0.2) is 0 Å². The van der Waals surface area contributed by atoms with E-state index in [4.69, 9.17) is 4.74 Å². The van der Waals surface area contributed by atoms with Gasteiger partial charge in [-0.05, 0) is 43.2 Å². The van der Waals surface area contributed by atoms with Gasteiger partial charge in [-0.25, -0.2) is 8.42 Å². The summed E-state index contributed by atoms with van der Waals surface area (Å²) < 4.78 is 31.3. The number of likely N-dealkylation sites (N-methyl/N-ethyl adjacent to an activating group) is 1. The lowest BCUT2D eigenvalue weighted by molar-refractivity contribution is 0.0773. The maximum absolute atomic E-state index is 12.7. The van der Waals surface area contributed by atoms with Crippen molar-refractivity contribution in [1.82, 2.24) is 4.90 Å². The third kappa shape index (κ3) is 4.42. The van der Waals surface area contributed by atoms with Crippen LogP contribution in [-0.2, 0) is 10.0 Å². The lowest BCUT2D eigenvalue weighted by Gasteiger charge is -2.20. The Labute approximate surface area is 160 Å². The summed E-state index contributed by atoms with van der Waals surface area (Å²) in [6.07, 6.45) is 0.608. The van der Waals surface area contributed by atoms with Gasteiger partial charge in [0.2, 0.25) is 10.0 Å². The molecule has 1 saturated heterocycles. The number of benzene rings is 2. The molecule has 0 aliphatic carbocycles. The van der Waals surface area contributed by atoms with Gasteiger partial charge < -0.3 is 9.64 Å². The Hall–Kier alpha value is -2.54. The maximum atomic E-state index is 12.7. The number of amides is 1. The van der Waals surface area contributed by atoms with Crippen molar-refractivity contribution in [1.29, 1.82) is 0 Å². The van der Waals surface area contributed by atoms with Gasteiger partial charge in [0.25, 0.3) is 5.91 Å². The molecule has 0 N–H and O–H groups in total. The topological polar surface area (TPSA) is 66.9 Å². The summed E-state index contributed by atoms with van der Waals surface area (Å²) in [5.74, 6) is 0.794. The maximum Gasteiger partial charge on any atom is 0.253 e. The predicted octanol–water partition coefficient (Wildman–Crippen LogP) is 2.69. The molecule has 0 atom stereocenters. The fourth-order valence-corrected chi connectivity index (χ4v) is 4.61. The summed E-state index contributed by atoms with van der Waals surface area (Å²) >= 11 is 0. The number of nitrogens with zero attached hydrogens (tertiary/aromatic N) is 2. The van der Waals surface area contributed by atoms with Crippen LogP contribution in [0, 0.1) is 6.92 Å². The number of sulfonamides is 1. The van der Waals surface area contributed by atoms with Gasteiger partial charge in [0.05, 0.1) is 18.0 Å². The van der Waals surface area contributed by atoms with E-state index in [0.29, 0.717) is 37.4 Å². The molecule has 0 saturated carbocycles. The molecule has 2 aromatic carbocycles. The smallest absolute Gasteiger partial charge is 0.253 e. The minimum Gasteiger partial charge on any atom is -0.491 e. The molecule has 144 valence electrons. The Balaban J connectivity index is 1.63. The van der Waals surface area contributed by atoms with Crippen LogP contribution in [0.3, 0.4) is 0 Å². The Morgan fingerprint density at radius 2 is 1.96 bits per heavy atom. The van der Waals surface area contributed by atoms with Gasteiger partial charge >= 0.3 is 0 Å². The van der Waals surface area contributed by atoms with Crippen LogP contribution in [0.25, 0.3) is 0 Å². The van der Waals surface area contributed by atoms with E-state index in [9.17, 15) is 13.2 Å². The molecule has 1 amide bonds. The van der Waals surface area contributed by atoms with E-state index in [1.807, 2.05) is 31.2 Å². The third-order valence-electron chi connectivity index (χ3n) is 4.60. The normalized spacial score (nSPS) is 15.6. The van der Waals surface area contributed by atoms with E-state index in [-0.39, 0.29) is 11.7 Å². The van der Waals surface area contributed by atoms with Crippen molar-refractivity contribution in [3.8, 4) is 5.75 Å². The van der Waals surface area contributed by atoms with Crippen molar-refractivity contribution in [3.63, 3.8) is 0 Å². The number of anilines is 1. The molecule has 7 heteroatoms. The Kier molecular flexibility index (Phi) is 5.70. The van der Waals surface area contributed by atoms with Crippen LogP contribution in [0.5, 0.6) is 5.75 Å². The lowest BCUT2D eigenvalue weighted by Crippen LogP contribution is -2.31. The summed E-state index contributed by atoms with van der Waals surface area (Å²) in [6.45, 7) is 3.24. The van der Waals surface area contributed by atoms with E-state index in [1.54, 1.807) is 36.2 Å². The molecule has 0 unspecified atom stereocenters. The average molecular weight is 388 g/mol. The predicted molar refractivity (Wildman–Crippen MR) is 106 cm³/mol. The number of ether oxygens (including phenoxy) is 1. The van der Waals surface area contributed by atoms with E-state index in [2.05, 4.69) is 0 Å². The second kappa shape index (κ2) is 8.00. The summed E-state index contributed by atoms with van der Waals surface area (Å²) in [4.78, 5) is 14.3. The summed E-state index contributed by atoms with van der Waals surface area (Å²) in [6, 6.07) is 14.5. The van der Waals surface area contributed by atoms with Crippen LogP contribution in [0.15, 0.2) is 48.5 Å². The zero-order chi connectivity index (χ0) is 19.4. The average Bonchev–Trinajstić information content (AvgIpc) is 3.01. The zero-order valence-corrected chi connectivity index (χ0v) is 16.4. The molecule has 1 aliphatic rings. The standard InChI is InChI=1S/C20H24N2O4S/c1-16-7-3-4-10-19(16)26-13-12-21(2)20(23)17-8-5-9-18(15-17)22-11-6-14-27(22,24)25/h3-5,7-10,15H,6,11-14H2,1-2H3. The van der Waals surface area contributed by atoms with E-state index in [1.165, 1.54) is 4.31 Å². The quantitative estimate of drug-likeness (QED) is 0.763. The van der Waals surface area contributed by atoms with Crippen LogP contribution >= 0.6 is 0 Å². The number of carbonyl (C=O) groups excluding carboxylic acids is 1. The van der Waals surface area contributed by atoms with Crippen LogP contribution in [-0.4, -0.2) is 51.7 Å². The van der Waals surface area contributed by atoms with Gasteiger partial charge in [-0.1, -0.05) is 24.3 Å². The highest BCUT2D eigenvalue weighted by Gasteiger charge is 2.28. The first-order valence-electron chi connectivity index (χ1n) is 8.93. The van der Waals surface area contributed by atoms with Gasteiger partial charge in [-0.2, -0.15) is 0 Å². The minimum absolute atomic E-state index is 0.154. The second-order valence-electron chi connectivity index (χ2n) is 6.63. The second-order valence-corrected chi connectivity index (χ2v) is 8.65. The first kappa shape index (κ1) is 19.2. The van der Waals surface area contributed by atoms with Crippen LogP contribution in [0.2, 0.25) is 0 Å². The van der Waals surface area contributed by atoms with Crippen molar-refractivity contribution in [3.05, 3.63) is 59.7 Å². The molecule has 2 aromatic rings. The van der Waals surface area contributed by atoms with Crippen molar-refractivity contribution in [2.45, 2.75) is 13.3 Å². The summed E-state index contributed by atoms with van der Waals surface area (Å²) in [7, 11) is -1.55. The number of carbonyl (C=O) groups is 1. The van der Waals surface area contributed by atoms with E-state index >= 15 is 0 Å². The SMILES string of the molecule is Cc1ccccc1OCCN(C)C(=O)c1cccc(N2CCCS2(=O)=O)c1. The largest absolute Gasteiger partial charge is 0.491 e. The van der Waals surface area contributed by atoms with Gasteiger partial charge in [0.1, 0.15) is 12.4 Å². The molecule has 3 rings (SSSR count). The molecular formula is C20H24N2O4S. The van der Waals surface area contributed by atoms with Crippen molar-refractivity contribution >= 4 is 21.6 Å². The lowest BCUT2D eigenvalue weighted by atomic mass is 10.1. The number of aryl methyl sites for hydroxylation is 1. The van der Waals surface area contributed by atoms with Gasteiger partial charge in [0, 0.05) is 19.2 Å². The Morgan fingerprint density at radius 1 is 1.19 bits per heavy atom. The molecule has 1 aliphatic heterocycles. The number of para-hydroxylation sites is 1. The van der Waals surface area contributed by atoms with E-state index in [0.717, 1.165) is 11.3 Å². The Bertz CT molecular complexity index is 927. The first-order chi connectivity index (χ1) is 12.9.